The summed E-state index contributed by atoms with van der Waals surface area (Å²) in [4.78, 5) is 12.4. The smallest absolute Gasteiger partial charge is 0.255 e. The number of carbonyl (C=O) groups is 1. The van der Waals surface area contributed by atoms with Crippen LogP contribution in [0.15, 0.2) is 18.2 Å². The van der Waals surface area contributed by atoms with Gasteiger partial charge in [-0.2, -0.15) is 0 Å². The summed E-state index contributed by atoms with van der Waals surface area (Å²) >= 11 is 6.00. The first-order chi connectivity index (χ1) is 10.7. The lowest BCUT2D eigenvalue weighted by Gasteiger charge is -2.23. The molecule has 1 aromatic rings. The molecule has 2 rings (SSSR count). The zero-order chi connectivity index (χ0) is 15.8. The largest absolute Gasteiger partial charge is 0.490 e. The Morgan fingerprint density at radius 3 is 3.05 bits per heavy atom. The standard InChI is InChI=1S/C16H23ClN2O3/c1-21-7-8-22-15-5-4-13(17)9-14(15)16(20)19-11-12-3-2-6-18-10-12/h4-5,9,12,18H,2-3,6-8,10-11H2,1H3,(H,19,20). The maximum Gasteiger partial charge on any atom is 0.255 e. The highest BCUT2D eigenvalue weighted by Crippen LogP contribution is 2.23. The number of carbonyl (C=O) groups excluding carboxylic acids is 1. The van der Waals surface area contributed by atoms with Gasteiger partial charge >= 0.3 is 0 Å². The molecule has 0 spiro atoms. The third-order valence-electron chi connectivity index (χ3n) is 3.68. The van der Waals surface area contributed by atoms with E-state index in [2.05, 4.69) is 10.6 Å². The van der Waals surface area contributed by atoms with Gasteiger partial charge in [0.1, 0.15) is 12.4 Å². The summed E-state index contributed by atoms with van der Waals surface area (Å²) in [6.07, 6.45) is 2.29. The highest BCUT2D eigenvalue weighted by Gasteiger charge is 2.17. The number of ether oxygens (including phenoxy) is 2. The van der Waals surface area contributed by atoms with Crippen LogP contribution in [0.3, 0.4) is 0 Å². The second-order valence-electron chi connectivity index (χ2n) is 5.40. The highest BCUT2D eigenvalue weighted by atomic mass is 35.5. The number of nitrogens with one attached hydrogen (secondary N) is 2. The molecule has 6 heteroatoms. The van der Waals surface area contributed by atoms with Gasteiger partial charge in [0, 0.05) is 18.7 Å². The zero-order valence-electron chi connectivity index (χ0n) is 12.9. The van der Waals surface area contributed by atoms with Crippen molar-refractivity contribution in [3.63, 3.8) is 0 Å². The van der Waals surface area contributed by atoms with Crippen LogP contribution >= 0.6 is 11.6 Å². The molecular weight excluding hydrogens is 304 g/mol. The summed E-state index contributed by atoms with van der Waals surface area (Å²) in [6, 6.07) is 5.07. The molecule has 1 aliphatic rings. The maximum atomic E-state index is 12.4. The molecule has 1 aromatic carbocycles. The van der Waals surface area contributed by atoms with Crippen LogP contribution in [-0.4, -0.2) is 45.9 Å². The van der Waals surface area contributed by atoms with Crippen molar-refractivity contribution in [3.05, 3.63) is 28.8 Å². The average Bonchev–Trinajstić information content (AvgIpc) is 2.55. The number of methoxy groups -OCH3 is 1. The van der Waals surface area contributed by atoms with Crippen molar-refractivity contribution in [2.24, 2.45) is 5.92 Å². The molecule has 1 atom stereocenters. The van der Waals surface area contributed by atoms with Crippen molar-refractivity contribution in [2.75, 3.05) is 40.0 Å². The van der Waals surface area contributed by atoms with E-state index in [0.717, 1.165) is 25.9 Å². The quantitative estimate of drug-likeness (QED) is 0.753. The van der Waals surface area contributed by atoms with E-state index in [4.69, 9.17) is 21.1 Å². The third-order valence-corrected chi connectivity index (χ3v) is 3.92. The van der Waals surface area contributed by atoms with Crippen LogP contribution in [0.4, 0.5) is 0 Å². The molecule has 0 aromatic heterocycles. The van der Waals surface area contributed by atoms with Crippen LogP contribution < -0.4 is 15.4 Å². The molecule has 1 heterocycles. The molecule has 0 radical (unpaired) electrons. The summed E-state index contributed by atoms with van der Waals surface area (Å²) in [5.41, 5.74) is 0.465. The normalized spacial score (nSPS) is 18.0. The van der Waals surface area contributed by atoms with Crippen LogP contribution in [0.2, 0.25) is 5.02 Å². The zero-order valence-corrected chi connectivity index (χ0v) is 13.6. The molecular formula is C16H23ClN2O3. The van der Waals surface area contributed by atoms with E-state index >= 15 is 0 Å². The number of hydrogen-bond donors (Lipinski definition) is 2. The van der Waals surface area contributed by atoms with Gasteiger partial charge in [0.05, 0.1) is 12.2 Å². The minimum atomic E-state index is -0.152. The lowest BCUT2D eigenvalue weighted by Crippen LogP contribution is -2.38. The first kappa shape index (κ1) is 17.1. The second kappa shape index (κ2) is 8.98. The molecule has 2 N–H and O–H groups in total. The van der Waals surface area contributed by atoms with Gasteiger partial charge in [0.25, 0.3) is 5.91 Å². The van der Waals surface area contributed by atoms with E-state index in [0.29, 0.717) is 42.0 Å². The molecule has 0 aliphatic carbocycles. The molecule has 0 saturated carbocycles. The van der Waals surface area contributed by atoms with Gasteiger partial charge in [0.15, 0.2) is 0 Å². The summed E-state index contributed by atoms with van der Waals surface area (Å²) in [5.74, 6) is 0.857. The number of rotatable bonds is 7. The maximum absolute atomic E-state index is 12.4. The van der Waals surface area contributed by atoms with Crippen LogP contribution in [0.25, 0.3) is 0 Å². The van der Waals surface area contributed by atoms with Gasteiger partial charge in [-0.1, -0.05) is 11.6 Å². The number of hydrogen-bond acceptors (Lipinski definition) is 4. The fraction of sp³-hybridized carbons (Fsp3) is 0.562. The SMILES string of the molecule is COCCOc1ccc(Cl)cc1C(=O)NCC1CCCNC1. The van der Waals surface area contributed by atoms with Gasteiger partial charge in [-0.05, 0) is 50.0 Å². The first-order valence-corrected chi connectivity index (χ1v) is 7.98. The van der Waals surface area contributed by atoms with Crippen LogP contribution in [0.1, 0.15) is 23.2 Å². The third kappa shape index (κ3) is 5.16. The Bertz CT molecular complexity index is 490. The van der Waals surface area contributed by atoms with E-state index in [1.807, 2.05) is 0 Å². The fourth-order valence-corrected chi connectivity index (χ4v) is 2.64. The molecule has 0 bridgehead atoms. The molecule has 1 aliphatic heterocycles. The Balaban J connectivity index is 1.95. The molecule has 122 valence electrons. The van der Waals surface area contributed by atoms with Gasteiger partial charge in [-0.15, -0.1) is 0 Å². The van der Waals surface area contributed by atoms with E-state index < -0.39 is 0 Å². The topological polar surface area (TPSA) is 59.6 Å². The Morgan fingerprint density at radius 2 is 2.32 bits per heavy atom. The van der Waals surface area contributed by atoms with Gasteiger partial charge in [-0.25, -0.2) is 0 Å². The Hall–Kier alpha value is -1.30. The predicted molar refractivity (Wildman–Crippen MR) is 86.7 cm³/mol. The van der Waals surface area contributed by atoms with Crippen molar-refractivity contribution >= 4 is 17.5 Å². The van der Waals surface area contributed by atoms with Crippen molar-refractivity contribution in [1.82, 2.24) is 10.6 Å². The van der Waals surface area contributed by atoms with Gasteiger partial charge in [0.2, 0.25) is 0 Å². The van der Waals surface area contributed by atoms with Crippen molar-refractivity contribution in [3.8, 4) is 5.75 Å². The van der Waals surface area contributed by atoms with Crippen molar-refractivity contribution in [1.29, 1.82) is 0 Å². The summed E-state index contributed by atoms with van der Waals surface area (Å²) in [6.45, 7) is 3.54. The predicted octanol–water partition coefficient (Wildman–Crippen LogP) is 2.09. The Labute approximate surface area is 136 Å². The molecule has 1 unspecified atom stereocenters. The number of piperidine rings is 1. The van der Waals surface area contributed by atoms with Gasteiger partial charge < -0.3 is 20.1 Å². The van der Waals surface area contributed by atoms with E-state index in [1.54, 1.807) is 25.3 Å². The molecule has 5 nitrogen and oxygen atoms in total. The van der Waals surface area contributed by atoms with Crippen LogP contribution in [-0.2, 0) is 4.74 Å². The van der Waals surface area contributed by atoms with Crippen LogP contribution in [0.5, 0.6) is 5.75 Å². The van der Waals surface area contributed by atoms with E-state index in [1.165, 1.54) is 0 Å². The number of halogens is 1. The molecule has 1 fully saturated rings. The Morgan fingerprint density at radius 1 is 1.45 bits per heavy atom. The average molecular weight is 327 g/mol. The van der Waals surface area contributed by atoms with Crippen molar-refractivity contribution in [2.45, 2.75) is 12.8 Å². The molecule has 22 heavy (non-hydrogen) atoms. The second-order valence-corrected chi connectivity index (χ2v) is 5.84. The number of benzene rings is 1. The first-order valence-electron chi connectivity index (χ1n) is 7.61. The summed E-state index contributed by atoms with van der Waals surface area (Å²) < 4.78 is 10.5. The monoisotopic (exact) mass is 326 g/mol. The molecule has 1 saturated heterocycles. The lowest BCUT2D eigenvalue weighted by atomic mass is 9.99. The fourth-order valence-electron chi connectivity index (χ4n) is 2.47. The minimum absolute atomic E-state index is 0.152. The van der Waals surface area contributed by atoms with Crippen LogP contribution in [0, 0.1) is 5.92 Å². The summed E-state index contributed by atoms with van der Waals surface area (Å²) in [7, 11) is 1.61. The number of amides is 1. The van der Waals surface area contributed by atoms with E-state index in [9.17, 15) is 4.79 Å². The molecule has 1 amide bonds. The highest BCUT2D eigenvalue weighted by molar-refractivity contribution is 6.31. The lowest BCUT2D eigenvalue weighted by molar-refractivity contribution is 0.0937. The van der Waals surface area contributed by atoms with Crippen molar-refractivity contribution < 1.29 is 14.3 Å². The van der Waals surface area contributed by atoms with E-state index in [-0.39, 0.29) is 5.91 Å². The van der Waals surface area contributed by atoms with Gasteiger partial charge in [-0.3, -0.25) is 4.79 Å². The Kier molecular flexibility index (Phi) is 6.96. The summed E-state index contributed by atoms with van der Waals surface area (Å²) in [5, 5.41) is 6.84. The minimum Gasteiger partial charge on any atom is -0.490 e.